The number of amides is 2. The molecule has 9 heteroatoms. The monoisotopic (exact) mass is 425 g/mol. The van der Waals surface area contributed by atoms with Gasteiger partial charge in [0.1, 0.15) is 6.61 Å². The van der Waals surface area contributed by atoms with Crippen molar-refractivity contribution in [2.45, 2.75) is 25.1 Å². The average molecular weight is 426 g/mol. The van der Waals surface area contributed by atoms with Gasteiger partial charge in [-0.1, -0.05) is 36.0 Å². The predicted octanol–water partition coefficient (Wildman–Crippen LogP) is 3.49. The quantitative estimate of drug-likeness (QED) is 0.509. The van der Waals surface area contributed by atoms with E-state index < -0.39 is 0 Å². The third-order valence-corrected chi connectivity index (χ3v) is 4.95. The molecule has 0 atom stereocenters. The van der Waals surface area contributed by atoms with Gasteiger partial charge in [0, 0.05) is 43.3 Å². The fourth-order valence-corrected chi connectivity index (χ4v) is 3.70. The van der Waals surface area contributed by atoms with Gasteiger partial charge in [0.05, 0.1) is 0 Å². The second kappa shape index (κ2) is 10.6. The Bertz CT molecular complexity index is 1010. The molecule has 2 aromatic carbocycles. The zero-order chi connectivity index (χ0) is 21.3. The molecule has 0 saturated carbocycles. The number of hydrogen-bond donors (Lipinski definition) is 2. The molecule has 0 saturated heterocycles. The summed E-state index contributed by atoms with van der Waals surface area (Å²) in [7, 11) is 1.61. The van der Waals surface area contributed by atoms with Crippen LogP contribution in [-0.2, 0) is 20.9 Å². The second-order valence-electron chi connectivity index (χ2n) is 6.41. The van der Waals surface area contributed by atoms with E-state index in [1.165, 1.54) is 18.7 Å². The molecule has 2 amide bonds. The third kappa shape index (κ3) is 5.91. The first-order valence-electron chi connectivity index (χ1n) is 9.36. The largest absolute Gasteiger partial charge is 0.377 e. The van der Waals surface area contributed by atoms with Crippen molar-refractivity contribution in [2.75, 3.05) is 23.5 Å². The van der Waals surface area contributed by atoms with Crippen molar-refractivity contribution in [1.82, 2.24) is 14.8 Å². The molecule has 0 fully saturated rings. The number of rotatable bonds is 9. The average Bonchev–Trinajstić information content (AvgIpc) is 3.11. The highest BCUT2D eigenvalue weighted by Crippen LogP contribution is 2.23. The van der Waals surface area contributed by atoms with Crippen molar-refractivity contribution in [3.8, 4) is 5.69 Å². The van der Waals surface area contributed by atoms with E-state index in [1.807, 2.05) is 34.9 Å². The predicted molar refractivity (Wildman–Crippen MR) is 117 cm³/mol. The van der Waals surface area contributed by atoms with E-state index in [0.29, 0.717) is 41.1 Å². The summed E-state index contributed by atoms with van der Waals surface area (Å²) >= 11 is 1.45. The van der Waals surface area contributed by atoms with Crippen LogP contribution in [0.2, 0.25) is 0 Å². The number of methoxy groups -OCH3 is 1. The molecule has 1 aromatic heterocycles. The summed E-state index contributed by atoms with van der Waals surface area (Å²) < 4.78 is 7.16. The molecule has 0 radical (unpaired) electrons. The smallest absolute Gasteiger partial charge is 0.225 e. The number of nitrogens with zero attached hydrogens (tertiary/aromatic N) is 3. The first-order chi connectivity index (χ1) is 14.6. The Morgan fingerprint density at radius 2 is 1.77 bits per heavy atom. The highest BCUT2D eigenvalue weighted by atomic mass is 32.2. The lowest BCUT2D eigenvalue weighted by molar-refractivity contribution is -0.116. The van der Waals surface area contributed by atoms with Crippen LogP contribution in [0.5, 0.6) is 0 Å². The number of para-hydroxylation sites is 1. The standard InChI is InChI=1S/C21H23N5O3S/c1-15(27)22-16-7-6-8-17(13-16)23-20(28)11-12-30-21-25-24-19(14-29-2)26(21)18-9-4-3-5-10-18/h3-10,13H,11-12,14H2,1-2H3,(H,22,27)(H,23,28). The van der Waals surface area contributed by atoms with Crippen LogP contribution in [0.3, 0.4) is 0 Å². The second-order valence-corrected chi connectivity index (χ2v) is 7.47. The highest BCUT2D eigenvalue weighted by molar-refractivity contribution is 7.99. The normalized spacial score (nSPS) is 10.6. The molecule has 0 aliphatic carbocycles. The zero-order valence-corrected chi connectivity index (χ0v) is 17.6. The number of aromatic nitrogens is 3. The molecule has 156 valence electrons. The number of thioether (sulfide) groups is 1. The number of nitrogens with one attached hydrogen (secondary N) is 2. The number of anilines is 2. The Morgan fingerprint density at radius 1 is 1.03 bits per heavy atom. The highest BCUT2D eigenvalue weighted by Gasteiger charge is 2.15. The molecular formula is C21H23N5O3S. The van der Waals surface area contributed by atoms with E-state index in [-0.39, 0.29) is 11.8 Å². The molecule has 0 unspecified atom stereocenters. The van der Waals surface area contributed by atoms with Crippen LogP contribution >= 0.6 is 11.8 Å². The summed E-state index contributed by atoms with van der Waals surface area (Å²) in [6.07, 6.45) is 0.302. The molecule has 3 aromatic rings. The number of ether oxygens (including phenoxy) is 1. The SMILES string of the molecule is COCc1nnc(SCCC(=O)Nc2cccc(NC(C)=O)c2)n1-c1ccccc1. The number of hydrogen-bond acceptors (Lipinski definition) is 6. The summed E-state index contributed by atoms with van der Waals surface area (Å²) in [5.74, 6) is 0.955. The Kier molecular flexibility index (Phi) is 7.58. The van der Waals surface area contributed by atoms with E-state index in [4.69, 9.17) is 4.74 Å². The van der Waals surface area contributed by atoms with Crippen LogP contribution in [0.25, 0.3) is 5.69 Å². The topological polar surface area (TPSA) is 98.1 Å². The van der Waals surface area contributed by atoms with Crippen molar-refractivity contribution in [1.29, 1.82) is 0 Å². The maximum atomic E-state index is 12.3. The molecule has 0 aliphatic rings. The Morgan fingerprint density at radius 3 is 2.47 bits per heavy atom. The van der Waals surface area contributed by atoms with Crippen LogP contribution in [-0.4, -0.2) is 39.4 Å². The lowest BCUT2D eigenvalue weighted by Crippen LogP contribution is -2.13. The maximum absolute atomic E-state index is 12.3. The van der Waals surface area contributed by atoms with Crippen LogP contribution in [0, 0.1) is 0 Å². The lowest BCUT2D eigenvalue weighted by Gasteiger charge is -2.10. The van der Waals surface area contributed by atoms with E-state index in [2.05, 4.69) is 20.8 Å². The van der Waals surface area contributed by atoms with Crippen molar-refractivity contribution < 1.29 is 14.3 Å². The van der Waals surface area contributed by atoms with Crippen LogP contribution in [0.15, 0.2) is 59.8 Å². The van der Waals surface area contributed by atoms with E-state index in [0.717, 1.165) is 5.69 Å². The first kappa shape index (κ1) is 21.5. The molecule has 0 aliphatic heterocycles. The molecular weight excluding hydrogens is 402 g/mol. The number of carbonyl (C=O) groups is 2. The molecule has 30 heavy (non-hydrogen) atoms. The van der Waals surface area contributed by atoms with Gasteiger partial charge in [-0.25, -0.2) is 0 Å². The van der Waals surface area contributed by atoms with E-state index in [1.54, 1.807) is 31.4 Å². The maximum Gasteiger partial charge on any atom is 0.225 e. The van der Waals surface area contributed by atoms with Gasteiger partial charge in [0.2, 0.25) is 11.8 Å². The van der Waals surface area contributed by atoms with Gasteiger partial charge < -0.3 is 15.4 Å². The van der Waals surface area contributed by atoms with Gasteiger partial charge in [0.25, 0.3) is 0 Å². The Balaban J connectivity index is 1.60. The van der Waals surface area contributed by atoms with Gasteiger partial charge >= 0.3 is 0 Å². The fourth-order valence-electron chi connectivity index (χ4n) is 2.79. The molecule has 3 rings (SSSR count). The van der Waals surface area contributed by atoms with E-state index in [9.17, 15) is 9.59 Å². The summed E-state index contributed by atoms with van der Waals surface area (Å²) in [5, 5.41) is 14.7. The summed E-state index contributed by atoms with van der Waals surface area (Å²) in [6.45, 7) is 1.78. The Hall–Kier alpha value is -3.17. The Labute approximate surface area is 179 Å². The minimum absolute atomic E-state index is 0.120. The van der Waals surface area contributed by atoms with Crippen LogP contribution < -0.4 is 10.6 Å². The third-order valence-electron chi connectivity index (χ3n) is 4.02. The van der Waals surface area contributed by atoms with Gasteiger partial charge in [-0.05, 0) is 30.3 Å². The van der Waals surface area contributed by atoms with Gasteiger partial charge in [-0.3, -0.25) is 14.2 Å². The molecule has 1 heterocycles. The zero-order valence-electron chi connectivity index (χ0n) is 16.8. The molecule has 2 N–H and O–H groups in total. The van der Waals surface area contributed by atoms with Gasteiger partial charge in [-0.15, -0.1) is 10.2 Å². The minimum atomic E-state index is -0.162. The van der Waals surface area contributed by atoms with Crippen molar-refractivity contribution >= 4 is 35.0 Å². The van der Waals surface area contributed by atoms with Crippen molar-refractivity contribution in [3.05, 3.63) is 60.4 Å². The number of carbonyl (C=O) groups excluding carboxylic acids is 2. The summed E-state index contributed by atoms with van der Waals surface area (Å²) in [5.41, 5.74) is 2.21. The fraction of sp³-hybridized carbons (Fsp3) is 0.238. The van der Waals surface area contributed by atoms with E-state index >= 15 is 0 Å². The molecule has 8 nitrogen and oxygen atoms in total. The molecule has 0 bridgehead atoms. The lowest BCUT2D eigenvalue weighted by atomic mass is 10.2. The van der Waals surface area contributed by atoms with Crippen molar-refractivity contribution in [3.63, 3.8) is 0 Å². The first-order valence-corrected chi connectivity index (χ1v) is 10.3. The van der Waals surface area contributed by atoms with Gasteiger partial charge in [-0.2, -0.15) is 0 Å². The van der Waals surface area contributed by atoms with Crippen molar-refractivity contribution in [2.24, 2.45) is 0 Å². The number of benzene rings is 2. The van der Waals surface area contributed by atoms with Crippen LogP contribution in [0.4, 0.5) is 11.4 Å². The van der Waals surface area contributed by atoms with Gasteiger partial charge in [0.15, 0.2) is 11.0 Å². The minimum Gasteiger partial charge on any atom is -0.377 e. The van der Waals surface area contributed by atoms with Crippen LogP contribution in [0.1, 0.15) is 19.2 Å². The summed E-state index contributed by atoms with van der Waals surface area (Å²) in [6, 6.07) is 16.8. The summed E-state index contributed by atoms with van der Waals surface area (Å²) in [4.78, 5) is 23.5. The molecule has 0 spiro atoms.